The number of nitrogens with one attached hydrogen (secondary N) is 1. The van der Waals surface area contributed by atoms with Crippen molar-refractivity contribution in [3.8, 4) is 0 Å². The number of hydrogen-bond acceptors (Lipinski definition) is 4. The lowest BCUT2D eigenvalue weighted by Crippen LogP contribution is -2.37. The lowest BCUT2D eigenvalue weighted by Gasteiger charge is -2.13. The predicted octanol–water partition coefficient (Wildman–Crippen LogP) is 1.11. The van der Waals surface area contributed by atoms with Gasteiger partial charge in [-0.15, -0.1) is 0 Å². The Bertz CT molecular complexity index is 350. The molecule has 0 aliphatic heterocycles. The first kappa shape index (κ1) is 13.7. The zero-order valence-electron chi connectivity index (χ0n) is 10.6. The summed E-state index contributed by atoms with van der Waals surface area (Å²) in [7, 11) is 0. The van der Waals surface area contributed by atoms with Gasteiger partial charge in [0.1, 0.15) is 5.76 Å². The van der Waals surface area contributed by atoms with E-state index in [1.165, 1.54) is 0 Å². The highest BCUT2D eigenvalue weighted by atomic mass is 16.5. The van der Waals surface area contributed by atoms with Crippen LogP contribution in [0.5, 0.6) is 0 Å². The number of rotatable bonds is 6. The average molecular weight is 240 g/mol. The Morgan fingerprint density at radius 2 is 2.24 bits per heavy atom. The van der Waals surface area contributed by atoms with Crippen LogP contribution in [0.1, 0.15) is 36.8 Å². The van der Waals surface area contributed by atoms with Gasteiger partial charge in [0, 0.05) is 12.0 Å². The van der Waals surface area contributed by atoms with E-state index >= 15 is 0 Å². The Balaban J connectivity index is 2.43. The van der Waals surface area contributed by atoms with Crippen LogP contribution in [0.2, 0.25) is 0 Å². The molecular weight excluding hydrogens is 220 g/mol. The fourth-order valence-corrected chi connectivity index (χ4v) is 1.67. The number of carbonyl (C=O) groups excluding carboxylic acids is 1. The Morgan fingerprint density at radius 1 is 1.53 bits per heavy atom. The average Bonchev–Trinajstić information content (AvgIpc) is 2.63. The number of aryl methyl sites for hydroxylation is 2. The van der Waals surface area contributed by atoms with Gasteiger partial charge in [-0.3, -0.25) is 4.79 Å². The molecule has 1 atom stereocenters. The Labute approximate surface area is 101 Å². The molecule has 0 saturated heterocycles. The van der Waals surface area contributed by atoms with Crippen LogP contribution >= 0.6 is 0 Å². The SMILES string of the molecule is CC[C@H](CO)NC(=O)CCc1c(C)noc1C. The molecule has 0 unspecified atom stereocenters. The van der Waals surface area contributed by atoms with Gasteiger partial charge in [-0.2, -0.15) is 0 Å². The van der Waals surface area contributed by atoms with Crippen LogP contribution in [0.4, 0.5) is 0 Å². The smallest absolute Gasteiger partial charge is 0.220 e. The van der Waals surface area contributed by atoms with Crippen LogP contribution < -0.4 is 5.32 Å². The summed E-state index contributed by atoms with van der Waals surface area (Å²) in [4.78, 5) is 11.6. The molecule has 0 aliphatic carbocycles. The number of aliphatic hydroxyl groups is 1. The van der Waals surface area contributed by atoms with Crippen molar-refractivity contribution in [2.24, 2.45) is 0 Å². The molecule has 2 N–H and O–H groups in total. The third-order valence-electron chi connectivity index (χ3n) is 2.86. The number of hydrogen-bond donors (Lipinski definition) is 2. The number of nitrogens with zero attached hydrogens (tertiary/aromatic N) is 1. The minimum Gasteiger partial charge on any atom is -0.394 e. The molecule has 1 rings (SSSR count). The van der Waals surface area contributed by atoms with Crippen molar-refractivity contribution in [3.63, 3.8) is 0 Å². The van der Waals surface area contributed by atoms with Crippen LogP contribution in [-0.2, 0) is 11.2 Å². The van der Waals surface area contributed by atoms with Crippen LogP contribution in [0, 0.1) is 13.8 Å². The summed E-state index contributed by atoms with van der Waals surface area (Å²) >= 11 is 0. The zero-order chi connectivity index (χ0) is 12.8. The van der Waals surface area contributed by atoms with E-state index in [-0.39, 0.29) is 18.6 Å². The van der Waals surface area contributed by atoms with Crippen LogP contribution in [0.15, 0.2) is 4.52 Å². The quantitative estimate of drug-likeness (QED) is 0.781. The summed E-state index contributed by atoms with van der Waals surface area (Å²) in [6.07, 6.45) is 1.74. The summed E-state index contributed by atoms with van der Waals surface area (Å²) in [5.41, 5.74) is 1.83. The minimum atomic E-state index is -0.146. The molecule has 1 aromatic rings. The number of aromatic nitrogens is 1. The molecule has 1 heterocycles. The molecule has 96 valence electrons. The van der Waals surface area contributed by atoms with E-state index in [4.69, 9.17) is 9.63 Å². The third kappa shape index (κ3) is 3.85. The second kappa shape index (κ2) is 6.39. The molecular formula is C12H20N2O3. The number of amides is 1. The van der Waals surface area contributed by atoms with E-state index in [1.54, 1.807) is 0 Å². The largest absolute Gasteiger partial charge is 0.394 e. The molecule has 1 aromatic heterocycles. The molecule has 0 spiro atoms. The predicted molar refractivity (Wildman–Crippen MR) is 63.6 cm³/mol. The van der Waals surface area contributed by atoms with Crippen molar-refractivity contribution in [3.05, 3.63) is 17.0 Å². The topological polar surface area (TPSA) is 75.4 Å². The van der Waals surface area contributed by atoms with Gasteiger partial charge in [0.15, 0.2) is 0 Å². The fourth-order valence-electron chi connectivity index (χ4n) is 1.67. The molecule has 0 fully saturated rings. The summed E-state index contributed by atoms with van der Waals surface area (Å²) in [5.74, 6) is 0.718. The van der Waals surface area contributed by atoms with E-state index in [9.17, 15) is 4.79 Å². The second-order valence-electron chi connectivity index (χ2n) is 4.16. The van der Waals surface area contributed by atoms with Crippen molar-refractivity contribution in [1.29, 1.82) is 0 Å². The van der Waals surface area contributed by atoms with Crippen molar-refractivity contribution in [1.82, 2.24) is 10.5 Å². The maximum atomic E-state index is 11.6. The van der Waals surface area contributed by atoms with Crippen molar-refractivity contribution in [2.45, 2.75) is 46.1 Å². The fraction of sp³-hybridized carbons (Fsp3) is 0.667. The summed E-state index contributed by atoms with van der Waals surface area (Å²) in [5, 5.41) is 15.6. The van der Waals surface area contributed by atoms with Crippen molar-refractivity contribution in [2.75, 3.05) is 6.61 Å². The molecule has 5 nitrogen and oxygen atoms in total. The zero-order valence-corrected chi connectivity index (χ0v) is 10.6. The van der Waals surface area contributed by atoms with E-state index in [1.807, 2.05) is 20.8 Å². The Morgan fingerprint density at radius 3 is 2.71 bits per heavy atom. The van der Waals surface area contributed by atoms with E-state index in [2.05, 4.69) is 10.5 Å². The van der Waals surface area contributed by atoms with Gasteiger partial charge in [0.25, 0.3) is 0 Å². The minimum absolute atomic E-state index is 0.0203. The monoisotopic (exact) mass is 240 g/mol. The van der Waals surface area contributed by atoms with Gasteiger partial charge in [0.2, 0.25) is 5.91 Å². The first-order valence-corrected chi connectivity index (χ1v) is 5.90. The molecule has 0 radical (unpaired) electrons. The molecule has 0 saturated carbocycles. The normalized spacial score (nSPS) is 12.5. The number of carbonyl (C=O) groups is 1. The molecule has 0 aliphatic rings. The Hall–Kier alpha value is -1.36. The highest BCUT2D eigenvalue weighted by molar-refractivity contribution is 5.76. The van der Waals surface area contributed by atoms with Crippen molar-refractivity contribution < 1.29 is 14.4 Å². The summed E-state index contributed by atoms with van der Waals surface area (Å²) in [6.45, 7) is 5.62. The Kier molecular flexibility index (Phi) is 5.15. The number of aliphatic hydroxyl groups excluding tert-OH is 1. The van der Waals surface area contributed by atoms with Gasteiger partial charge in [-0.05, 0) is 26.7 Å². The van der Waals surface area contributed by atoms with E-state index in [0.29, 0.717) is 12.8 Å². The van der Waals surface area contributed by atoms with Crippen LogP contribution in [-0.4, -0.2) is 28.8 Å². The van der Waals surface area contributed by atoms with Gasteiger partial charge in [-0.25, -0.2) is 0 Å². The molecule has 17 heavy (non-hydrogen) atoms. The first-order valence-electron chi connectivity index (χ1n) is 5.90. The van der Waals surface area contributed by atoms with Gasteiger partial charge in [0.05, 0.1) is 18.3 Å². The van der Waals surface area contributed by atoms with Gasteiger partial charge in [-0.1, -0.05) is 12.1 Å². The molecule has 0 aromatic carbocycles. The van der Waals surface area contributed by atoms with Crippen LogP contribution in [0.3, 0.4) is 0 Å². The maximum Gasteiger partial charge on any atom is 0.220 e. The van der Waals surface area contributed by atoms with E-state index in [0.717, 1.165) is 23.4 Å². The van der Waals surface area contributed by atoms with Crippen LogP contribution in [0.25, 0.3) is 0 Å². The third-order valence-corrected chi connectivity index (χ3v) is 2.86. The van der Waals surface area contributed by atoms with Gasteiger partial charge >= 0.3 is 0 Å². The second-order valence-corrected chi connectivity index (χ2v) is 4.16. The summed E-state index contributed by atoms with van der Waals surface area (Å²) < 4.78 is 5.03. The molecule has 5 heteroatoms. The lowest BCUT2D eigenvalue weighted by atomic mass is 10.1. The highest BCUT2D eigenvalue weighted by Gasteiger charge is 2.13. The lowest BCUT2D eigenvalue weighted by molar-refractivity contribution is -0.122. The van der Waals surface area contributed by atoms with E-state index < -0.39 is 0 Å². The summed E-state index contributed by atoms with van der Waals surface area (Å²) in [6, 6.07) is -0.146. The maximum absolute atomic E-state index is 11.6. The standard InChI is InChI=1S/C12H20N2O3/c1-4-10(7-15)13-12(16)6-5-11-8(2)14-17-9(11)3/h10,15H,4-7H2,1-3H3,(H,13,16)/t10-/m1/s1. The van der Waals surface area contributed by atoms with Crippen molar-refractivity contribution >= 4 is 5.91 Å². The van der Waals surface area contributed by atoms with Gasteiger partial charge < -0.3 is 14.9 Å². The first-order chi connectivity index (χ1) is 8.08. The highest BCUT2D eigenvalue weighted by Crippen LogP contribution is 2.14. The molecule has 1 amide bonds. The molecule has 0 bridgehead atoms.